The monoisotopic (exact) mass is 408 g/mol. The van der Waals surface area contributed by atoms with E-state index in [9.17, 15) is 9.90 Å². The van der Waals surface area contributed by atoms with Gasteiger partial charge in [0, 0.05) is 31.1 Å². The maximum atomic E-state index is 13.2. The molecule has 4 rings (SSSR count). The molecule has 7 heteroatoms. The molecule has 1 aliphatic rings. The highest BCUT2D eigenvalue weighted by Gasteiger charge is 2.27. The Morgan fingerprint density at radius 3 is 2.73 bits per heavy atom. The number of rotatable bonds is 6. The van der Waals surface area contributed by atoms with Gasteiger partial charge >= 0.3 is 0 Å². The minimum absolute atomic E-state index is 0.0323. The van der Waals surface area contributed by atoms with E-state index in [1.165, 1.54) is 0 Å². The molecule has 1 aromatic heterocycles. The van der Waals surface area contributed by atoms with Crippen LogP contribution in [0.15, 0.2) is 30.3 Å². The molecule has 1 aliphatic heterocycles. The van der Waals surface area contributed by atoms with Crippen LogP contribution in [0.1, 0.15) is 46.9 Å². The van der Waals surface area contributed by atoms with Crippen LogP contribution < -0.4 is 4.74 Å². The number of carbonyl (C=O) groups is 1. The van der Waals surface area contributed by atoms with Crippen molar-refractivity contribution in [3.63, 3.8) is 0 Å². The summed E-state index contributed by atoms with van der Waals surface area (Å²) in [4.78, 5) is 17.0. The molecule has 0 radical (unpaired) electrons. The zero-order valence-electron chi connectivity index (χ0n) is 17.9. The van der Waals surface area contributed by atoms with Gasteiger partial charge in [0.25, 0.3) is 5.91 Å². The van der Waals surface area contributed by atoms with Gasteiger partial charge in [-0.3, -0.25) is 9.89 Å². The molecule has 0 atom stereocenters. The summed E-state index contributed by atoms with van der Waals surface area (Å²) >= 11 is 0. The molecule has 0 fully saturated rings. The Bertz CT molecular complexity index is 1090. The fourth-order valence-corrected chi connectivity index (χ4v) is 3.81. The molecular formula is C23H28N4O3. The van der Waals surface area contributed by atoms with Crippen molar-refractivity contribution in [3.05, 3.63) is 52.7 Å². The van der Waals surface area contributed by atoms with Gasteiger partial charge in [-0.1, -0.05) is 19.9 Å². The number of nitrogens with zero attached hydrogens (tertiary/aromatic N) is 3. The molecule has 0 spiro atoms. The summed E-state index contributed by atoms with van der Waals surface area (Å²) in [6, 6.07) is 9.32. The first-order valence-corrected chi connectivity index (χ1v) is 10.2. The number of carbonyl (C=O) groups excluding carboxylic acids is 1. The molecule has 1 amide bonds. The molecule has 158 valence electrons. The molecule has 30 heavy (non-hydrogen) atoms. The minimum atomic E-state index is -0.184. The SMILES string of the molecule is CC(C)c1n[nH]c2cc(O)c(C(=O)N3Cc4ccc(OCCN(C)C)cc4C3)cc12. The third-order valence-corrected chi connectivity index (χ3v) is 5.48. The maximum absolute atomic E-state index is 13.2. The van der Waals surface area contributed by atoms with Crippen LogP contribution in [-0.4, -0.2) is 58.3 Å². The molecule has 2 heterocycles. The number of aromatic hydroxyl groups is 1. The lowest BCUT2D eigenvalue weighted by molar-refractivity contribution is 0.0748. The Hall–Kier alpha value is -3.06. The third kappa shape index (κ3) is 3.85. The van der Waals surface area contributed by atoms with Gasteiger partial charge in [0.15, 0.2) is 0 Å². The summed E-state index contributed by atoms with van der Waals surface area (Å²) in [5, 5.41) is 18.6. The Kier molecular flexibility index (Phi) is 5.39. The van der Waals surface area contributed by atoms with Crippen molar-refractivity contribution in [2.45, 2.75) is 32.9 Å². The lowest BCUT2D eigenvalue weighted by atomic mass is 10.0. The van der Waals surface area contributed by atoms with Crippen molar-refractivity contribution in [2.75, 3.05) is 27.2 Å². The smallest absolute Gasteiger partial charge is 0.258 e. The summed E-state index contributed by atoms with van der Waals surface area (Å²) in [5.41, 5.74) is 4.12. The average Bonchev–Trinajstić information content (AvgIpc) is 3.29. The molecule has 0 bridgehead atoms. The van der Waals surface area contributed by atoms with Crippen LogP contribution in [0, 0.1) is 0 Å². The molecular weight excluding hydrogens is 380 g/mol. The number of nitrogens with one attached hydrogen (secondary N) is 1. The molecule has 0 aliphatic carbocycles. The van der Waals surface area contributed by atoms with Gasteiger partial charge in [0.2, 0.25) is 0 Å². The van der Waals surface area contributed by atoms with Crippen molar-refractivity contribution in [3.8, 4) is 11.5 Å². The number of likely N-dealkylation sites (N-methyl/N-ethyl adjacent to an activating group) is 1. The number of H-pyrrole nitrogens is 1. The number of phenols is 1. The highest BCUT2D eigenvalue weighted by molar-refractivity contribution is 6.01. The van der Waals surface area contributed by atoms with E-state index < -0.39 is 0 Å². The second-order valence-corrected chi connectivity index (χ2v) is 8.42. The molecule has 3 aromatic rings. The number of hydrogen-bond acceptors (Lipinski definition) is 5. The lowest BCUT2D eigenvalue weighted by Crippen LogP contribution is -2.25. The minimum Gasteiger partial charge on any atom is -0.507 e. The number of hydrogen-bond donors (Lipinski definition) is 2. The highest BCUT2D eigenvalue weighted by Crippen LogP contribution is 2.33. The second kappa shape index (κ2) is 7.99. The summed E-state index contributed by atoms with van der Waals surface area (Å²) < 4.78 is 5.82. The van der Waals surface area contributed by atoms with Crippen molar-refractivity contribution >= 4 is 16.8 Å². The maximum Gasteiger partial charge on any atom is 0.258 e. The van der Waals surface area contributed by atoms with Crippen molar-refractivity contribution in [1.29, 1.82) is 0 Å². The van der Waals surface area contributed by atoms with Gasteiger partial charge < -0.3 is 19.6 Å². The first-order valence-electron chi connectivity index (χ1n) is 10.2. The van der Waals surface area contributed by atoms with Gasteiger partial charge in [0.05, 0.1) is 16.8 Å². The Morgan fingerprint density at radius 1 is 1.23 bits per heavy atom. The Morgan fingerprint density at radius 2 is 2.00 bits per heavy atom. The van der Waals surface area contributed by atoms with Gasteiger partial charge in [-0.05, 0) is 49.3 Å². The number of ether oxygens (including phenoxy) is 1. The van der Waals surface area contributed by atoms with E-state index in [-0.39, 0.29) is 17.6 Å². The largest absolute Gasteiger partial charge is 0.507 e. The highest BCUT2D eigenvalue weighted by atomic mass is 16.5. The van der Waals surface area contributed by atoms with E-state index in [4.69, 9.17) is 4.74 Å². The molecule has 2 N–H and O–H groups in total. The summed E-state index contributed by atoms with van der Waals surface area (Å²) in [7, 11) is 4.02. The van der Waals surface area contributed by atoms with Crippen LogP contribution in [0.4, 0.5) is 0 Å². The summed E-state index contributed by atoms with van der Waals surface area (Å²) in [5.74, 6) is 0.814. The zero-order chi connectivity index (χ0) is 21.4. The van der Waals surface area contributed by atoms with E-state index in [1.807, 2.05) is 32.3 Å². The summed E-state index contributed by atoms with van der Waals surface area (Å²) in [6.07, 6.45) is 0. The number of aromatic nitrogens is 2. The van der Waals surface area contributed by atoms with E-state index in [2.05, 4.69) is 28.9 Å². The van der Waals surface area contributed by atoms with Crippen LogP contribution >= 0.6 is 0 Å². The zero-order valence-corrected chi connectivity index (χ0v) is 17.9. The number of aromatic amines is 1. The quantitative estimate of drug-likeness (QED) is 0.653. The third-order valence-electron chi connectivity index (χ3n) is 5.48. The number of phenolic OH excluding ortho intramolecular Hbond substituents is 1. The van der Waals surface area contributed by atoms with E-state index in [0.29, 0.717) is 25.3 Å². The van der Waals surface area contributed by atoms with Crippen LogP contribution in [0.5, 0.6) is 11.5 Å². The summed E-state index contributed by atoms with van der Waals surface area (Å²) in [6.45, 7) is 6.59. The van der Waals surface area contributed by atoms with Crippen LogP contribution in [0.2, 0.25) is 0 Å². The van der Waals surface area contributed by atoms with E-state index >= 15 is 0 Å². The predicted octanol–water partition coefficient (Wildman–Crippen LogP) is 3.49. The predicted molar refractivity (Wildman–Crippen MR) is 116 cm³/mol. The van der Waals surface area contributed by atoms with E-state index in [0.717, 1.165) is 40.0 Å². The van der Waals surface area contributed by atoms with Crippen LogP contribution in [-0.2, 0) is 13.1 Å². The number of fused-ring (bicyclic) bond motifs is 2. The molecule has 0 saturated heterocycles. The van der Waals surface area contributed by atoms with E-state index in [1.54, 1.807) is 17.0 Å². The molecule has 0 saturated carbocycles. The van der Waals surface area contributed by atoms with Crippen LogP contribution in [0.25, 0.3) is 10.9 Å². The normalized spacial score (nSPS) is 13.5. The van der Waals surface area contributed by atoms with Gasteiger partial charge in [0.1, 0.15) is 18.1 Å². The number of amides is 1. The first kappa shape index (κ1) is 20.2. The second-order valence-electron chi connectivity index (χ2n) is 8.42. The van der Waals surface area contributed by atoms with Gasteiger partial charge in [-0.15, -0.1) is 0 Å². The fraction of sp³-hybridized carbons (Fsp3) is 0.391. The van der Waals surface area contributed by atoms with Gasteiger partial charge in [-0.25, -0.2) is 0 Å². The molecule has 0 unspecified atom stereocenters. The Balaban J connectivity index is 1.54. The fourth-order valence-electron chi connectivity index (χ4n) is 3.81. The van der Waals surface area contributed by atoms with Gasteiger partial charge in [-0.2, -0.15) is 5.10 Å². The molecule has 7 nitrogen and oxygen atoms in total. The van der Waals surface area contributed by atoms with Crippen molar-refractivity contribution in [2.24, 2.45) is 0 Å². The average molecular weight is 409 g/mol. The molecule has 2 aromatic carbocycles. The lowest BCUT2D eigenvalue weighted by Gasteiger charge is -2.16. The van der Waals surface area contributed by atoms with Crippen molar-refractivity contribution < 1.29 is 14.6 Å². The number of benzene rings is 2. The standard InChI is InChI=1S/C23H28N4O3/c1-14(2)22-18-10-19(21(28)11-20(18)24-25-22)23(29)27-12-15-5-6-17(9-16(15)13-27)30-8-7-26(3)4/h5-6,9-11,14,28H,7-8,12-13H2,1-4H3,(H,24,25). The topological polar surface area (TPSA) is 81.7 Å². The Labute approximate surface area is 176 Å². The first-order chi connectivity index (χ1) is 14.3. The van der Waals surface area contributed by atoms with Crippen LogP contribution in [0.3, 0.4) is 0 Å². The van der Waals surface area contributed by atoms with Crippen molar-refractivity contribution in [1.82, 2.24) is 20.0 Å².